The maximum Gasteiger partial charge on any atom is 0.244 e. The fourth-order valence-electron chi connectivity index (χ4n) is 1.81. The van der Waals surface area contributed by atoms with Crippen molar-refractivity contribution < 1.29 is 13.2 Å². The Morgan fingerprint density at radius 2 is 1.91 bits per heavy atom. The molecule has 0 radical (unpaired) electrons. The summed E-state index contributed by atoms with van der Waals surface area (Å²) in [6.07, 6.45) is 3.85. The van der Waals surface area contributed by atoms with E-state index in [-0.39, 0.29) is 10.8 Å². The van der Waals surface area contributed by atoms with Gasteiger partial charge in [0.05, 0.1) is 8.68 Å². The van der Waals surface area contributed by atoms with Crippen molar-refractivity contribution in [2.45, 2.75) is 11.3 Å². The van der Waals surface area contributed by atoms with Crippen LogP contribution in [-0.4, -0.2) is 20.9 Å². The van der Waals surface area contributed by atoms with Crippen LogP contribution in [0.3, 0.4) is 0 Å². The summed E-state index contributed by atoms with van der Waals surface area (Å²) in [5.41, 5.74) is 0.920. The van der Waals surface area contributed by atoms with E-state index in [9.17, 15) is 13.2 Å². The van der Waals surface area contributed by atoms with E-state index in [2.05, 4.69) is 21.2 Å². The summed E-state index contributed by atoms with van der Waals surface area (Å²) in [7, 11) is -3.67. The molecule has 0 bridgehead atoms. The molecule has 8 heteroatoms. The van der Waals surface area contributed by atoms with Gasteiger partial charge in [0.15, 0.2) is 0 Å². The van der Waals surface area contributed by atoms with E-state index in [4.69, 9.17) is 5.14 Å². The molecule has 23 heavy (non-hydrogen) atoms. The molecule has 1 amide bonds. The van der Waals surface area contributed by atoms with Gasteiger partial charge in [-0.3, -0.25) is 4.79 Å². The van der Waals surface area contributed by atoms with E-state index in [1.165, 1.54) is 18.2 Å². The highest BCUT2D eigenvalue weighted by molar-refractivity contribution is 9.11. The fourth-order valence-corrected chi connectivity index (χ4v) is 3.65. The van der Waals surface area contributed by atoms with E-state index in [0.29, 0.717) is 13.0 Å². The molecule has 0 saturated carbocycles. The molecule has 0 atom stereocenters. The highest BCUT2D eigenvalue weighted by Gasteiger charge is 2.06. The van der Waals surface area contributed by atoms with Crippen LogP contribution in [0.25, 0.3) is 6.08 Å². The van der Waals surface area contributed by atoms with Crippen LogP contribution in [0.15, 0.2) is 51.2 Å². The molecule has 0 aliphatic rings. The standard InChI is InChI=1S/C15H15BrN2O3S2/c16-14-7-3-12(22-14)4-8-15(19)18-10-9-11-1-5-13(6-2-11)23(17,20)21/h1-8H,9-10H2,(H,18,19)(H2,17,20,21)/b8-4+. The maximum absolute atomic E-state index is 11.7. The monoisotopic (exact) mass is 414 g/mol. The van der Waals surface area contributed by atoms with Crippen molar-refractivity contribution in [2.24, 2.45) is 5.14 Å². The Bertz CT molecular complexity index is 812. The van der Waals surface area contributed by atoms with Crippen LogP contribution in [0.1, 0.15) is 10.4 Å². The molecule has 2 aromatic rings. The third-order valence-electron chi connectivity index (χ3n) is 2.96. The van der Waals surface area contributed by atoms with Crippen LogP contribution in [0.4, 0.5) is 0 Å². The minimum atomic E-state index is -3.67. The number of halogens is 1. The van der Waals surface area contributed by atoms with Gasteiger partial charge in [0.25, 0.3) is 0 Å². The molecule has 5 nitrogen and oxygen atoms in total. The number of rotatable bonds is 6. The Morgan fingerprint density at radius 3 is 2.48 bits per heavy atom. The van der Waals surface area contributed by atoms with E-state index in [0.717, 1.165) is 14.2 Å². The average Bonchev–Trinajstić information content (AvgIpc) is 2.90. The van der Waals surface area contributed by atoms with E-state index >= 15 is 0 Å². The van der Waals surface area contributed by atoms with E-state index in [1.54, 1.807) is 29.5 Å². The summed E-state index contributed by atoms with van der Waals surface area (Å²) in [6, 6.07) is 10.1. The molecular weight excluding hydrogens is 400 g/mol. The first kappa shape index (κ1) is 17.9. The Labute approximate surface area is 147 Å². The first-order chi connectivity index (χ1) is 10.8. The quantitative estimate of drug-likeness (QED) is 0.711. The lowest BCUT2D eigenvalue weighted by Gasteiger charge is -2.04. The zero-order valence-corrected chi connectivity index (χ0v) is 15.2. The molecular formula is C15H15BrN2O3S2. The highest BCUT2D eigenvalue weighted by atomic mass is 79.9. The van der Waals surface area contributed by atoms with Gasteiger partial charge in [0.1, 0.15) is 0 Å². The largest absolute Gasteiger partial charge is 0.352 e. The second kappa shape index (κ2) is 7.87. The Balaban J connectivity index is 1.80. The van der Waals surface area contributed by atoms with Crippen molar-refractivity contribution in [3.63, 3.8) is 0 Å². The van der Waals surface area contributed by atoms with Gasteiger partial charge < -0.3 is 5.32 Å². The zero-order valence-electron chi connectivity index (χ0n) is 12.0. The molecule has 0 saturated heterocycles. The SMILES string of the molecule is NS(=O)(=O)c1ccc(CCNC(=O)/C=C/c2ccc(Br)s2)cc1. The minimum Gasteiger partial charge on any atom is -0.352 e. The van der Waals surface area contributed by atoms with Crippen LogP contribution in [0, 0.1) is 0 Å². The van der Waals surface area contributed by atoms with Gasteiger partial charge in [-0.05, 0) is 58.3 Å². The number of sulfonamides is 1. The molecule has 1 heterocycles. The van der Waals surface area contributed by atoms with Gasteiger partial charge in [0.2, 0.25) is 15.9 Å². The van der Waals surface area contributed by atoms with Gasteiger partial charge >= 0.3 is 0 Å². The first-order valence-electron chi connectivity index (χ1n) is 6.67. The van der Waals surface area contributed by atoms with Crippen molar-refractivity contribution in [2.75, 3.05) is 6.54 Å². The Morgan fingerprint density at radius 1 is 1.22 bits per heavy atom. The molecule has 0 aliphatic carbocycles. The number of amides is 1. The smallest absolute Gasteiger partial charge is 0.244 e. The normalized spacial score (nSPS) is 11.7. The average molecular weight is 415 g/mol. The number of hydrogen-bond acceptors (Lipinski definition) is 4. The van der Waals surface area contributed by atoms with Crippen LogP contribution in [0.5, 0.6) is 0 Å². The van der Waals surface area contributed by atoms with Crippen LogP contribution in [0.2, 0.25) is 0 Å². The number of nitrogens with one attached hydrogen (secondary N) is 1. The first-order valence-corrected chi connectivity index (χ1v) is 9.83. The topological polar surface area (TPSA) is 89.3 Å². The summed E-state index contributed by atoms with van der Waals surface area (Å²) < 4.78 is 23.3. The maximum atomic E-state index is 11.7. The number of hydrogen-bond donors (Lipinski definition) is 2. The Kier molecular flexibility index (Phi) is 6.11. The fraction of sp³-hybridized carbons (Fsp3) is 0.133. The van der Waals surface area contributed by atoms with E-state index < -0.39 is 10.0 Å². The summed E-state index contributed by atoms with van der Waals surface area (Å²) in [6.45, 7) is 0.464. The molecule has 122 valence electrons. The lowest BCUT2D eigenvalue weighted by molar-refractivity contribution is -0.116. The molecule has 0 aliphatic heterocycles. The predicted octanol–water partition coefficient (Wildman–Crippen LogP) is 2.53. The number of primary sulfonamides is 1. The predicted molar refractivity (Wildman–Crippen MR) is 95.6 cm³/mol. The lowest BCUT2D eigenvalue weighted by Crippen LogP contribution is -2.23. The van der Waals surface area contributed by atoms with Crippen LogP contribution < -0.4 is 10.5 Å². The summed E-state index contributed by atoms with van der Waals surface area (Å²) in [4.78, 5) is 12.8. The Hall–Kier alpha value is -1.48. The van der Waals surface area contributed by atoms with E-state index in [1.807, 2.05) is 12.1 Å². The molecule has 0 unspecified atom stereocenters. The zero-order chi connectivity index (χ0) is 16.9. The van der Waals surface area contributed by atoms with Crippen molar-refractivity contribution in [1.29, 1.82) is 0 Å². The number of nitrogens with two attached hydrogens (primary N) is 1. The lowest BCUT2D eigenvalue weighted by atomic mass is 10.1. The van der Waals surface area contributed by atoms with Crippen molar-refractivity contribution in [3.05, 3.63) is 56.7 Å². The van der Waals surface area contributed by atoms with Crippen molar-refractivity contribution in [1.82, 2.24) is 5.32 Å². The summed E-state index contributed by atoms with van der Waals surface area (Å²) in [5, 5.41) is 7.81. The molecule has 2 rings (SSSR count). The number of benzene rings is 1. The second-order valence-electron chi connectivity index (χ2n) is 4.71. The molecule has 1 aromatic carbocycles. The number of carbonyl (C=O) groups excluding carboxylic acids is 1. The van der Waals surface area contributed by atoms with Gasteiger partial charge in [-0.25, -0.2) is 13.6 Å². The van der Waals surface area contributed by atoms with Crippen LogP contribution >= 0.6 is 27.3 Å². The van der Waals surface area contributed by atoms with Gasteiger partial charge in [0, 0.05) is 17.5 Å². The third kappa shape index (κ3) is 5.91. The highest BCUT2D eigenvalue weighted by Crippen LogP contribution is 2.22. The molecule has 0 fully saturated rings. The van der Waals surface area contributed by atoms with Gasteiger partial charge in [-0.1, -0.05) is 12.1 Å². The minimum absolute atomic E-state index is 0.0790. The number of carbonyl (C=O) groups is 1. The van der Waals surface area contributed by atoms with Crippen LogP contribution in [-0.2, 0) is 21.2 Å². The van der Waals surface area contributed by atoms with Crippen molar-refractivity contribution in [3.8, 4) is 0 Å². The van der Waals surface area contributed by atoms with Crippen molar-refractivity contribution >= 4 is 49.3 Å². The number of thiophene rings is 1. The molecule has 1 aromatic heterocycles. The molecule has 0 spiro atoms. The summed E-state index contributed by atoms with van der Waals surface area (Å²) >= 11 is 4.91. The summed E-state index contributed by atoms with van der Waals surface area (Å²) in [5.74, 6) is -0.171. The molecule has 3 N–H and O–H groups in total. The third-order valence-corrected chi connectivity index (χ3v) is 5.48. The second-order valence-corrected chi connectivity index (χ2v) is 8.76. The van der Waals surface area contributed by atoms with Gasteiger partial charge in [-0.15, -0.1) is 11.3 Å². The van der Waals surface area contributed by atoms with Gasteiger partial charge in [-0.2, -0.15) is 0 Å².